The normalized spacial score (nSPS) is 12.1. The SMILES string of the molecule is CC(C)(C)CCNS(=O)(=O)Cc1ccccc1C#N. The number of rotatable bonds is 5. The zero-order valence-electron chi connectivity index (χ0n) is 11.6. The molecule has 0 fully saturated rings. The molecule has 0 radical (unpaired) electrons. The maximum Gasteiger partial charge on any atom is 0.215 e. The predicted octanol–water partition coefficient (Wildman–Crippen LogP) is 2.41. The van der Waals surface area contributed by atoms with Gasteiger partial charge in [-0.3, -0.25) is 0 Å². The summed E-state index contributed by atoms with van der Waals surface area (Å²) in [5.41, 5.74) is 1.03. The summed E-state index contributed by atoms with van der Waals surface area (Å²) in [7, 11) is -3.39. The molecular formula is C14H20N2O2S. The van der Waals surface area contributed by atoms with Gasteiger partial charge in [-0.1, -0.05) is 39.0 Å². The van der Waals surface area contributed by atoms with E-state index in [1.165, 1.54) is 0 Å². The quantitative estimate of drug-likeness (QED) is 0.900. The first-order chi connectivity index (χ1) is 8.73. The van der Waals surface area contributed by atoms with Crippen LogP contribution in [0.2, 0.25) is 0 Å². The fraction of sp³-hybridized carbons (Fsp3) is 0.500. The summed E-state index contributed by atoms with van der Waals surface area (Å²) in [6, 6.07) is 8.76. The van der Waals surface area contributed by atoms with Crippen LogP contribution >= 0.6 is 0 Å². The monoisotopic (exact) mass is 280 g/mol. The van der Waals surface area contributed by atoms with Gasteiger partial charge in [0.25, 0.3) is 0 Å². The first kappa shape index (κ1) is 15.7. The van der Waals surface area contributed by atoms with Gasteiger partial charge in [0, 0.05) is 6.54 Å². The fourth-order valence-corrected chi connectivity index (χ4v) is 2.77. The van der Waals surface area contributed by atoms with Crippen molar-refractivity contribution in [2.24, 2.45) is 5.41 Å². The highest BCUT2D eigenvalue weighted by Gasteiger charge is 2.16. The Morgan fingerprint density at radius 1 is 1.26 bits per heavy atom. The smallest absolute Gasteiger partial charge is 0.215 e. The largest absolute Gasteiger partial charge is 0.215 e. The average Bonchev–Trinajstić information content (AvgIpc) is 2.27. The number of hydrogen-bond donors (Lipinski definition) is 1. The van der Waals surface area contributed by atoms with Crippen molar-refractivity contribution < 1.29 is 8.42 Å². The zero-order valence-corrected chi connectivity index (χ0v) is 12.4. The number of nitrogens with zero attached hydrogens (tertiary/aromatic N) is 1. The number of nitriles is 1. The summed E-state index contributed by atoms with van der Waals surface area (Å²) in [6.07, 6.45) is 0.770. The number of sulfonamides is 1. The standard InChI is InChI=1S/C14H20N2O2S/c1-14(2,3)8-9-16-19(17,18)11-13-7-5-4-6-12(13)10-15/h4-7,16H,8-9,11H2,1-3H3. The Bertz CT molecular complexity index is 566. The van der Waals surface area contributed by atoms with Crippen molar-refractivity contribution in [3.8, 4) is 6.07 Å². The van der Waals surface area contributed by atoms with Crippen LogP contribution in [-0.2, 0) is 15.8 Å². The minimum absolute atomic E-state index is 0.0904. The van der Waals surface area contributed by atoms with Crippen molar-refractivity contribution in [3.05, 3.63) is 35.4 Å². The first-order valence-electron chi connectivity index (χ1n) is 6.19. The van der Waals surface area contributed by atoms with Crippen molar-refractivity contribution in [1.82, 2.24) is 4.72 Å². The van der Waals surface area contributed by atoms with Gasteiger partial charge in [0.15, 0.2) is 0 Å². The summed E-state index contributed by atoms with van der Waals surface area (Å²) in [4.78, 5) is 0. The van der Waals surface area contributed by atoms with E-state index in [0.717, 1.165) is 6.42 Å². The van der Waals surface area contributed by atoms with Crippen molar-refractivity contribution >= 4 is 10.0 Å². The summed E-state index contributed by atoms with van der Waals surface area (Å²) < 4.78 is 26.4. The molecule has 0 heterocycles. The molecular weight excluding hydrogens is 260 g/mol. The molecule has 0 aromatic heterocycles. The summed E-state index contributed by atoms with van der Waals surface area (Å²) in [5, 5.41) is 8.93. The molecule has 0 saturated heterocycles. The van der Waals surface area contributed by atoms with E-state index in [1.54, 1.807) is 24.3 Å². The Labute approximate surface area is 115 Å². The molecule has 5 heteroatoms. The van der Waals surface area contributed by atoms with Gasteiger partial charge in [0.1, 0.15) is 0 Å². The second kappa shape index (κ2) is 6.18. The highest BCUT2D eigenvalue weighted by atomic mass is 32.2. The van der Waals surface area contributed by atoms with E-state index in [0.29, 0.717) is 17.7 Å². The van der Waals surface area contributed by atoms with Crippen molar-refractivity contribution in [1.29, 1.82) is 5.26 Å². The van der Waals surface area contributed by atoms with Crippen LogP contribution in [-0.4, -0.2) is 15.0 Å². The molecule has 0 aliphatic carbocycles. The molecule has 1 aromatic carbocycles. The molecule has 1 rings (SSSR count). The van der Waals surface area contributed by atoms with Crippen LogP contribution in [0.4, 0.5) is 0 Å². The third kappa shape index (κ3) is 5.86. The van der Waals surface area contributed by atoms with Crippen LogP contribution in [0.3, 0.4) is 0 Å². The van der Waals surface area contributed by atoms with Crippen LogP contribution in [0.15, 0.2) is 24.3 Å². The molecule has 4 nitrogen and oxygen atoms in total. The van der Waals surface area contributed by atoms with Crippen LogP contribution in [0.25, 0.3) is 0 Å². The molecule has 19 heavy (non-hydrogen) atoms. The Kier molecular flexibility index (Phi) is 5.10. The lowest BCUT2D eigenvalue weighted by Gasteiger charge is -2.18. The van der Waals surface area contributed by atoms with E-state index in [1.807, 2.05) is 6.07 Å². The van der Waals surface area contributed by atoms with Gasteiger partial charge in [-0.15, -0.1) is 0 Å². The van der Waals surface area contributed by atoms with Crippen LogP contribution in [0, 0.1) is 16.7 Å². The average molecular weight is 280 g/mol. The van der Waals surface area contributed by atoms with Gasteiger partial charge in [-0.25, -0.2) is 13.1 Å². The first-order valence-corrected chi connectivity index (χ1v) is 7.84. The van der Waals surface area contributed by atoms with Gasteiger partial charge in [0.2, 0.25) is 10.0 Å². The minimum atomic E-state index is -3.39. The molecule has 0 saturated carbocycles. The third-order valence-electron chi connectivity index (χ3n) is 2.68. The predicted molar refractivity (Wildman–Crippen MR) is 75.9 cm³/mol. The molecule has 0 spiro atoms. The maximum atomic E-state index is 11.9. The van der Waals surface area contributed by atoms with E-state index in [9.17, 15) is 8.42 Å². The van der Waals surface area contributed by atoms with Crippen LogP contribution < -0.4 is 4.72 Å². The topological polar surface area (TPSA) is 70.0 Å². The van der Waals surface area contributed by atoms with Crippen molar-refractivity contribution in [2.45, 2.75) is 32.9 Å². The van der Waals surface area contributed by atoms with Crippen molar-refractivity contribution in [2.75, 3.05) is 6.54 Å². The van der Waals surface area contributed by atoms with E-state index < -0.39 is 10.0 Å². The number of nitrogens with one attached hydrogen (secondary N) is 1. The highest BCUT2D eigenvalue weighted by molar-refractivity contribution is 7.88. The molecule has 0 aliphatic heterocycles. The zero-order chi connectivity index (χ0) is 14.5. The van der Waals surface area contributed by atoms with E-state index in [2.05, 4.69) is 25.5 Å². The molecule has 0 unspecified atom stereocenters. The fourth-order valence-electron chi connectivity index (χ4n) is 1.59. The Morgan fingerprint density at radius 2 is 1.89 bits per heavy atom. The van der Waals surface area contributed by atoms with Crippen LogP contribution in [0.5, 0.6) is 0 Å². The Morgan fingerprint density at radius 3 is 2.47 bits per heavy atom. The summed E-state index contributed by atoms with van der Waals surface area (Å²) >= 11 is 0. The highest BCUT2D eigenvalue weighted by Crippen LogP contribution is 2.17. The lowest BCUT2D eigenvalue weighted by atomic mass is 9.93. The van der Waals surface area contributed by atoms with Crippen LogP contribution in [0.1, 0.15) is 38.3 Å². The molecule has 0 aliphatic rings. The number of benzene rings is 1. The lowest BCUT2D eigenvalue weighted by Crippen LogP contribution is -2.28. The molecule has 0 atom stereocenters. The molecule has 104 valence electrons. The maximum absolute atomic E-state index is 11.9. The second-order valence-corrected chi connectivity index (χ2v) is 7.54. The Balaban J connectivity index is 2.68. The van der Waals surface area contributed by atoms with Gasteiger partial charge in [0.05, 0.1) is 17.4 Å². The molecule has 1 N–H and O–H groups in total. The van der Waals surface area contributed by atoms with E-state index in [4.69, 9.17) is 5.26 Å². The van der Waals surface area contributed by atoms with Gasteiger partial charge >= 0.3 is 0 Å². The Hall–Kier alpha value is -1.38. The van der Waals surface area contributed by atoms with Gasteiger partial charge < -0.3 is 0 Å². The molecule has 0 bridgehead atoms. The second-order valence-electron chi connectivity index (χ2n) is 5.73. The van der Waals surface area contributed by atoms with E-state index >= 15 is 0 Å². The molecule has 1 aromatic rings. The van der Waals surface area contributed by atoms with E-state index in [-0.39, 0.29) is 11.2 Å². The summed E-state index contributed by atoms with van der Waals surface area (Å²) in [5.74, 6) is -0.152. The van der Waals surface area contributed by atoms with Crippen molar-refractivity contribution in [3.63, 3.8) is 0 Å². The minimum Gasteiger partial charge on any atom is -0.215 e. The third-order valence-corrected chi connectivity index (χ3v) is 4.02. The summed E-state index contributed by atoms with van der Waals surface area (Å²) in [6.45, 7) is 6.60. The molecule has 0 amide bonds. The lowest BCUT2D eigenvalue weighted by molar-refractivity contribution is 0.378. The van der Waals surface area contributed by atoms with Gasteiger partial charge in [-0.05, 0) is 23.5 Å². The number of hydrogen-bond acceptors (Lipinski definition) is 3. The van der Waals surface area contributed by atoms with Gasteiger partial charge in [-0.2, -0.15) is 5.26 Å².